The zero-order chi connectivity index (χ0) is 13.4. The fraction of sp³-hybridized carbons (Fsp3) is 0.462. The molecule has 3 N–H and O–H groups in total. The van der Waals surface area contributed by atoms with Crippen molar-refractivity contribution in [2.75, 3.05) is 31.4 Å². The minimum atomic E-state index is -0.221. The molecule has 0 fully saturated rings. The van der Waals surface area contributed by atoms with E-state index in [0.29, 0.717) is 12.6 Å². The van der Waals surface area contributed by atoms with Crippen molar-refractivity contribution in [1.29, 1.82) is 0 Å². The normalized spacial score (nSPS) is 11.7. The Balaban J connectivity index is 2.56. The monoisotopic (exact) mass is 251 g/mol. The summed E-state index contributed by atoms with van der Waals surface area (Å²) in [5.41, 5.74) is 1.78. The molecule has 5 heteroatoms. The van der Waals surface area contributed by atoms with Gasteiger partial charge in [-0.3, -0.25) is 0 Å². The van der Waals surface area contributed by atoms with E-state index >= 15 is 0 Å². The van der Waals surface area contributed by atoms with Crippen LogP contribution in [0, 0.1) is 0 Å². The molecular formula is C13H21N3O2. The van der Waals surface area contributed by atoms with Gasteiger partial charge >= 0.3 is 6.03 Å². The molecule has 0 heterocycles. The van der Waals surface area contributed by atoms with Gasteiger partial charge in [-0.2, -0.15) is 0 Å². The van der Waals surface area contributed by atoms with Crippen LogP contribution in [0.5, 0.6) is 0 Å². The van der Waals surface area contributed by atoms with E-state index in [1.54, 1.807) is 14.2 Å². The molecule has 0 spiro atoms. The SMILES string of the molecule is CCC(COC)Nc1ccc(NC(=O)NC)cc1. The third-order valence-electron chi connectivity index (χ3n) is 2.60. The predicted molar refractivity (Wildman–Crippen MR) is 74.1 cm³/mol. The first-order chi connectivity index (χ1) is 8.69. The number of hydrogen-bond donors (Lipinski definition) is 3. The summed E-state index contributed by atoms with van der Waals surface area (Å²) in [6, 6.07) is 7.66. The topological polar surface area (TPSA) is 62.4 Å². The molecule has 1 atom stereocenters. The van der Waals surface area contributed by atoms with Crippen molar-refractivity contribution in [3.8, 4) is 0 Å². The van der Waals surface area contributed by atoms with Gasteiger partial charge in [0, 0.05) is 31.6 Å². The van der Waals surface area contributed by atoms with Crippen molar-refractivity contribution in [2.45, 2.75) is 19.4 Å². The summed E-state index contributed by atoms with van der Waals surface area (Å²) in [4.78, 5) is 11.1. The molecule has 5 nitrogen and oxygen atoms in total. The number of hydrogen-bond acceptors (Lipinski definition) is 3. The van der Waals surface area contributed by atoms with E-state index < -0.39 is 0 Å². The summed E-state index contributed by atoms with van der Waals surface area (Å²) >= 11 is 0. The standard InChI is InChI=1S/C13H21N3O2/c1-4-10(9-18-3)15-11-5-7-12(8-6-11)16-13(17)14-2/h5-8,10,15H,4,9H2,1-3H3,(H2,14,16,17). The van der Waals surface area contributed by atoms with Crippen LogP contribution < -0.4 is 16.0 Å². The molecule has 100 valence electrons. The predicted octanol–water partition coefficient (Wildman–Crippen LogP) is 2.27. The number of urea groups is 1. The van der Waals surface area contributed by atoms with Crippen molar-refractivity contribution >= 4 is 17.4 Å². The van der Waals surface area contributed by atoms with Crippen LogP contribution in [-0.2, 0) is 4.74 Å². The lowest BCUT2D eigenvalue weighted by molar-refractivity contribution is 0.184. The second kappa shape index (κ2) is 7.55. The van der Waals surface area contributed by atoms with Gasteiger partial charge in [-0.05, 0) is 30.7 Å². The maximum Gasteiger partial charge on any atom is 0.318 e. The molecule has 1 aromatic rings. The zero-order valence-electron chi connectivity index (χ0n) is 11.1. The van der Waals surface area contributed by atoms with E-state index in [-0.39, 0.29) is 6.03 Å². The third-order valence-corrected chi connectivity index (χ3v) is 2.60. The Bertz CT molecular complexity index is 365. The van der Waals surface area contributed by atoms with Crippen LogP contribution in [0.25, 0.3) is 0 Å². The number of amides is 2. The van der Waals surface area contributed by atoms with E-state index in [9.17, 15) is 4.79 Å². The Kier molecular flexibility index (Phi) is 6.00. The Morgan fingerprint density at radius 2 is 1.89 bits per heavy atom. The summed E-state index contributed by atoms with van der Waals surface area (Å²) in [6.45, 7) is 2.78. The average Bonchev–Trinajstić information content (AvgIpc) is 2.40. The lowest BCUT2D eigenvalue weighted by atomic mass is 10.2. The maximum atomic E-state index is 11.1. The van der Waals surface area contributed by atoms with Gasteiger partial charge in [0.1, 0.15) is 0 Å². The van der Waals surface area contributed by atoms with Gasteiger partial charge < -0.3 is 20.7 Å². The summed E-state index contributed by atoms with van der Waals surface area (Å²) < 4.78 is 5.13. The molecule has 0 aromatic heterocycles. The summed E-state index contributed by atoms with van der Waals surface area (Å²) in [5.74, 6) is 0. The summed E-state index contributed by atoms with van der Waals surface area (Å²) in [6.07, 6.45) is 0.992. The Morgan fingerprint density at radius 1 is 1.28 bits per heavy atom. The molecule has 0 bridgehead atoms. The number of anilines is 2. The van der Waals surface area contributed by atoms with Crippen LogP contribution in [0.4, 0.5) is 16.2 Å². The molecule has 0 aliphatic rings. The molecule has 1 unspecified atom stereocenters. The maximum absolute atomic E-state index is 11.1. The Morgan fingerprint density at radius 3 is 2.39 bits per heavy atom. The largest absolute Gasteiger partial charge is 0.383 e. The van der Waals surface area contributed by atoms with Gasteiger partial charge in [-0.25, -0.2) is 4.79 Å². The minimum absolute atomic E-state index is 0.221. The van der Waals surface area contributed by atoms with Gasteiger partial charge in [0.15, 0.2) is 0 Å². The van der Waals surface area contributed by atoms with Crippen molar-refractivity contribution in [3.63, 3.8) is 0 Å². The number of ether oxygens (including phenoxy) is 1. The number of nitrogens with one attached hydrogen (secondary N) is 3. The van der Waals surface area contributed by atoms with Gasteiger partial charge in [0.25, 0.3) is 0 Å². The third kappa shape index (κ3) is 4.63. The van der Waals surface area contributed by atoms with E-state index in [4.69, 9.17) is 4.74 Å². The number of carbonyl (C=O) groups excluding carboxylic acids is 1. The van der Waals surface area contributed by atoms with Crippen LogP contribution in [0.2, 0.25) is 0 Å². The zero-order valence-corrected chi connectivity index (χ0v) is 11.1. The van der Waals surface area contributed by atoms with E-state index in [2.05, 4.69) is 22.9 Å². The van der Waals surface area contributed by atoms with Crippen molar-refractivity contribution in [2.24, 2.45) is 0 Å². The van der Waals surface area contributed by atoms with Gasteiger partial charge in [0.05, 0.1) is 6.61 Å². The van der Waals surface area contributed by atoms with Crippen LogP contribution in [0.3, 0.4) is 0 Å². The van der Waals surface area contributed by atoms with Crippen LogP contribution in [-0.4, -0.2) is 32.8 Å². The fourth-order valence-electron chi connectivity index (χ4n) is 1.54. The van der Waals surface area contributed by atoms with Crippen molar-refractivity contribution in [3.05, 3.63) is 24.3 Å². The molecule has 0 radical (unpaired) electrons. The molecule has 1 aromatic carbocycles. The molecule has 18 heavy (non-hydrogen) atoms. The Hall–Kier alpha value is -1.75. The first-order valence-electron chi connectivity index (χ1n) is 6.03. The highest BCUT2D eigenvalue weighted by Gasteiger charge is 2.05. The first kappa shape index (κ1) is 14.3. The van der Waals surface area contributed by atoms with E-state index in [0.717, 1.165) is 17.8 Å². The molecule has 0 aliphatic heterocycles. The van der Waals surface area contributed by atoms with Gasteiger partial charge in [-0.15, -0.1) is 0 Å². The van der Waals surface area contributed by atoms with Crippen LogP contribution in [0.1, 0.15) is 13.3 Å². The molecule has 2 amide bonds. The number of benzene rings is 1. The molecule has 0 saturated heterocycles. The Labute approximate surface area is 108 Å². The van der Waals surface area contributed by atoms with E-state index in [1.165, 1.54) is 0 Å². The first-order valence-corrected chi connectivity index (χ1v) is 6.03. The molecule has 0 saturated carbocycles. The smallest absolute Gasteiger partial charge is 0.318 e. The quantitative estimate of drug-likeness (QED) is 0.727. The van der Waals surface area contributed by atoms with Crippen LogP contribution >= 0.6 is 0 Å². The molecule has 0 aliphatic carbocycles. The summed E-state index contributed by atoms with van der Waals surface area (Å²) in [5, 5.41) is 8.58. The fourth-order valence-corrected chi connectivity index (χ4v) is 1.54. The highest BCUT2D eigenvalue weighted by Crippen LogP contribution is 2.15. The van der Waals surface area contributed by atoms with Gasteiger partial charge in [-0.1, -0.05) is 6.92 Å². The van der Waals surface area contributed by atoms with E-state index in [1.807, 2.05) is 24.3 Å². The lowest BCUT2D eigenvalue weighted by Gasteiger charge is -2.17. The van der Waals surface area contributed by atoms with Crippen molar-refractivity contribution < 1.29 is 9.53 Å². The van der Waals surface area contributed by atoms with Crippen LogP contribution in [0.15, 0.2) is 24.3 Å². The average molecular weight is 251 g/mol. The summed E-state index contributed by atoms with van der Waals surface area (Å²) in [7, 11) is 3.28. The van der Waals surface area contributed by atoms with Gasteiger partial charge in [0.2, 0.25) is 0 Å². The highest BCUT2D eigenvalue weighted by atomic mass is 16.5. The highest BCUT2D eigenvalue weighted by molar-refractivity contribution is 5.89. The number of carbonyl (C=O) groups is 1. The van der Waals surface area contributed by atoms with Crippen molar-refractivity contribution in [1.82, 2.24) is 5.32 Å². The minimum Gasteiger partial charge on any atom is -0.383 e. The second-order valence-corrected chi connectivity index (χ2v) is 3.99. The molecular weight excluding hydrogens is 230 g/mol. The number of rotatable bonds is 6. The number of methoxy groups -OCH3 is 1. The molecule has 1 rings (SSSR count). The lowest BCUT2D eigenvalue weighted by Crippen LogP contribution is -2.25. The second-order valence-electron chi connectivity index (χ2n) is 3.99.